The maximum atomic E-state index is 13.5. The van der Waals surface area contributed by atoms with E-state index in [1.54, 1.807) is 30.3 Å². The molecule has 1 aromatic heterocycles. The van der Waals surface area contributed by atoms with Crippen LogP contribution in [0, 0.1) is 0 Å². The number of benzene rings is 1. The van der Waals surface area contributed by atoms with Crippen LogP contribution in [0.5, 0.6) is 5.75 Å². The zero-order valence-electron chi connectivity index (χ0n) is 18.4. The minimum atomic E-state index is -4.15. The van der Waals surface area contributed by atoms with Crippen molar-refractivity contribution in [3.8, 4) is 5.75 Å². The lowest BCUT2D eigenvalue weighted by atomic mass is 10.2. The van der Waals surface area contributed by atoms with Crippen LogP contribution in [0.1, 0.15) is 19.6 Å². The van der Waals surface area contributed by atoms with E-state index < -0.39 is 49.4 Å². The number of aliphatic hydroxyl groups is 1. The SMILES string of the molecule is C=CCOC(=O)[C@H](C)N[P@](=O)(OC[C@@H]1O[C@H](n2ccc(=O)[nH]c2=O)C[C@H]1O)Oc1ccccc1. The third kappa shape index (κ3) is 6.75. The van der Waals surface area contributed by atoms with Crippen molar-refractivity contribution in [2.75, 3.05) is 13.2 Å². The third-order valence-electron chi connectivity index (χ3n) is 4.79. The molecule has 0 radical (unpaired) electrons. The number of carbonyl (C=O) groups is 1. The van der Waals surface area contributed by atoms with Crippen molar-refractivity contribution in [2.45, 2.75) is 37.8 Å². The van der Waals surface area contributed by atoms with Gasteiger partial charge >= 0.3 is 19.4 Å². The molecule has 2 heterocycles. The van der Waals surface area contributed by atoms with E-state index in [0.29, 0.717) is 0 Å². The van der Waals surface area contributed by atoms with Gasteiger partial charge in [-0.15, -0.1) is 0 Å². The average molecular weight is 495 g/mol. The van der Waals surface area contributed by atoms with E-state index in [4.69, 9.17) is 18.5 Å². The molecule has 3 rings (SSSR count). The third-order valence-corrected chi connectivity index (χ3v) is 6.44. The van der Waals surface area contributed by atoms with Crippen LogP contribution in [0.3, 0.4) is 0 Å². The van der Waals surface area contributed by atoms with Crippen LogP contribution in [-0.4, -0.2) is 52.1 Å². The Morgan fingerprint density at radius 2 is 2.12 bits per heavy atom. The Morgan fingerprint density at radius 3 is 2.79 bits per heavy atom. The van der Waals surface area contributed by atoms with E-state index in [1.807, 2.05) is 0 Å². The Bertz CT molecular complexity index is 1150. The Labute approximate surface area is 194 Å². The Kier molecular flexibility index (Phi) is 8.59. The van der Waals surface area contributed by atoms with E-state index in [0.717, 1.165) is 10.6 Å². The Morgan fingerprint density at radius 1 is 1.38 bits per heavy atom. The van der Waals surface area contributed by atoms with E-state index in [-0.39, 0.29) is 25.4 Å². The fraction of sp³-hybridized carbons (Fsp3) is 0.381. The standard InChI is InChI=1S/C21H26N3O9P/c1-3-11-30-20(27)14(2)23-34(29,33-15-7-5-4-6-8-15)31-13-17-16(25)12-19(32-17)24-10-9-18(26)22-21(24)28/h3-10,14,16-17,19,25H,1,11-13H2,2H3,(H,23,29)(H,22,26,28)/t14-,16+,17-,19-,34-/m0/s1. The van der Waals surface area contributed by atoms with Gasteiger partial charge in [-0.25, -0.2) is 9.36 Å². The van der Waals surface area contributed by atoms with Gasteiger partial charge in [0, 0.05) is 18.7 Å². The van der Waals surface area contributed by atoms with E-state index in [9.17, 15) is 24.1 Å². The molecule has 0 bridgehead atoms. The van der Waals surface area contributed by atoms with Crippen molar-refractivity contribution in [1.82, 2.24) is 14.6 Å². The highest BCUT2D eigenvalue weighted by molar-refractivity contribution is 7.52. The van der Waals surface area contributed by atoms with Gasteiger partial charge in [-0.05, 0) is 19.1 Å². The number of nitrogens with zero attached hydrogens (tertiary/aromatic N) is 1. The zero-order chi connectivity index (χ0) is 24.7. The summed E-state index contributed by atoms with van der Waals surface area (Å²) in [7, 11) is -4.15. The first-order valence-electron chi connectivity index (χ1n) is 10.4. The van der Waals surface area contributed by atoms with Crippen LogP contribution < -0.4 is 20.9 Å². The maximum Gasteiger partial charge on any atom is 0.459 e. The normalized spacial score (nSPS) is 22.5. The van der Waals surface area contributed by atoms with Crippen molar-refractivity contribution in [1.29, 1.82) is 0 Å². The first-order valence-corrected chi connectivity index (χ1v) is 11.9. The Hall–Kier alpha value is -3.02. The molecule has 3 N–H and O–H groups in total. The van der Waals surface area contributed by atoms with Gasteiger partial charge in [0.1, 0.15) is 30.7 Å². The molecule has 1 fully saturated rings. The van der Waals surface area contributed by atoms with Crippen molar-refractivity contribution in [2.24, 2.45) is 0 Å². The summed E-state index contributed by atoms with van der Waals surface area (Å²) in [6.07, 6.45) is -0.233. The molecule has 0 amide bonds. The van der Waals surface area contributed by atoms with E-state index in [2.05, 4.69) is 16.7 Å². The highest BCUT2D eigenvalue weighted by Gasteiger charge is 2.39. The summed E-state index contributed by atoms with van der Waals surface area (Å²) in [5.74, 6) is -0.481. The summed E-state index contributed by atoms with van der Waals surface area (Å²) in [5.41, 5.74) is -1.26. The molecule has 0 spiro atoms. The summed E-state index contributed by atoms with van der Waals surface area (Å²) in [5, 5.41) is 12.9. The molecule has 2 aromatic rings. The predicted molar refractivity (Wildman–Crippen MR) is 120 cm³/mol. The molecule has 0 unspecified atom stereocenters. The number of H-pyrrole nitrogens is 1. The van der Waals surface area contributed by atoms with Crippen LogP contribution in [0.4, 0.5) is 0 Å². The quantitative estimate of drug-likeness (QED) is 0.234. The number of ether oxygens (including phenoxy) is 2. The van der Waals surface area contributed by atoms with E-state index >= 15 is 0 Å². The van der Waals surface area contributed by atoms with Crippen LogP contribution in [0.25, 0.3) is 0 Å². The fourth-order valence-corrected chi connectivity index (χ4v) is 4.63. The van der Waals surface area contributed by atoms with Gasteiger partial charge in [-0.2, -0.15) is 5.09 Å². The molecule has 12 nitrogen and oxygen atoms in total. The predicted octanol–water partition coefficient (Wildman–Crippen LogP) is 1.10. The molecule has 1 saturated heterocycles. The number of esters is 1. The van der Waals surface area contributed by atoms with Crippen molar-refractivity contribution >= 4 is 13.7 Å². The van der Waals surface area contributed by atoms with Crippen molar-refractivity contribution < 1.29 is 33.0 Å². The zero-order valence-corrected chi connectivity index (χ0v) is 19.3. The second-order valence-corrected chi connectivity index (χ2v) is 9.11. The molecule has 1 aliphatic rings. The van der Waals surface area contributed by atoms with Crippen molar-refractivity contribution in [3.05, 3.63) is 76.1 Å². The molecule has 1 aromatic carbocycles. The minimum Gasteiger partial charge on any atom is -0.460 e. The molecule has 34 heavy (non-hydrogen) atoms. The number of nitrogens with one attached hydrogen (secondary N) is 2. The topological polar surface area (TPSA) is 158 Å². The molecule has 184 valence electrons. The highest BCUT2D eigenvalue weighted by Crippen LogP contribution is 2.45. The number of aromatic amines is 1. The number of aromatic nitrogens is 2. The molecule has 1 aliphatic heterocycles. The van der Waals surface area contributed by atoms with Crippen LogP contribution >= 0.6 is 7.75 Å². The summed E-state index contributed by atoms with van der Waals surface area (Å²) in [6, 6.07) is 8.27. The lowest BCUT2D eigenvalue weighted by Gasteiger charge is -2.24. The second-order valence-electron chi connectivity index (χ2n) is 7.42. The van der Waals surface area contributed by atoms with Crippen LogP contribution in [0.15, 0.2) is 64.8 Å². The van der Waals surface area contributed by atoms with Gasteiger partial charge in [0.15, 0.2) is 0 Å². The lowest BCUT2D eigenvalue weighted by Crippen LogP contribution is -2.36. The smallest absolute Gasteiger partial charge is 0.459 e. The Balaban J connectivity index is 1.71. The second kappa shape index (κ2) is 11.4. The fourth-order valence-electron chi connectivity index (χ4n) is 3.13. The van der Waals surface area contributed by atoms with Crippen molar-refractivity contribution in [3.63, 3.8) is 0 Å². The molecular formula is C21H26N3O9P. The summed E-state index contributed by atoms with van der Waals surface area (Å²) in [6.45, 7) is 4.48. The monoisotopic (exact) mass is 495 g/mol. The van der Waals surface area contributed by atoms with Gasteiger partial charge in [-0.1, -0.05) is 30.9 Å². The number of rotatable bonds is 11. The summed E-state index contributed by atoms with van der Waals surface area (Å²) in [4.78, 5) is 37.5. The van der Waals surface area contributed by atoms with E-state index in [1.165, 1.54) is 19.2 Å². The molecular weight excluding hydrogens is 469 g/mol. The first kappa shape index (κ1) is 25.6. The number of para-hydroxylation sites is 1. The molecule has 5 atom stereocenters. The first-order chi connectivity index (χ1) is 16.2. The lowest BCUT2D eigenvalue weighted by molar-refractivity contribution is -0.144. The number of hydrogen-bond acceptors (Lipinski definition) is 9. The van der Waals surface area contributed by atoms with Gasteiger partial charge < -0.3 is 19.1 Å². The minimum absolute atomic E-state index is 0.0246. The van der Waals surface area contributed by atoms with Crippen LogP contribution in [-0.2, 0) is 23.4 Å². The highest BCUT2D eigenvalue weighted by atomic mass is 31.2. The van der Waals surface area contributed by atoms with Gasteiger partial charge in [0.2, 0.25) is 0 Å². The maximum absolute atomic E-state index is 13.5. The summed E-state index contributed by atoms with van der Waals surface area (Å²) < 4.78 is 36.3. The molecule has 0 aliphatic carbocycles. The molecule has 13 heteroatoms. The van der Waals surface area contributed by atoms with Gasteiger partial charge in [-0.3, -0.25) is 23.7 Å². The van der Waals surface area contributed by atoms with Gasteiger partial charge in [0.05, 0.1) is 12.7 Å². The number of aliphatic hydroxyl groups excluding tert-OH is 1. The summed E-state index contributed by atoms with van der Waals surface area (Å²) >= 11 is 0. The van der Waals surface area contributed by atoms with Crippen LogP contribution in [0.2, 0.25) is 0 Å². The molecule has 0 saturated carbocycles. The number of hydrogen-bond donors (Lipinski definition) is 3. The average Bonchev–Trinajstić information content (AvgIpc) is 3.16. The number of carbonyl (C=O) groups excluding carboxylic acids is 1. The van der Waals surface area contributed by atoms with Gasteiger partial charge in [0.25, 0.3) is 5.56 Å². The largest absolute Gasteiger partial charge is 0.460 e.